The number of carboxylic acid groups (broad SMARTS) is 1. The van der Waals surface area contributed by atoms with Gasteiger partial charge in [0, 0.05) is 13.1 Å². The molecule has 0 heterocycles. The number of hydrogen-bond donors (Lipinski definition) is 2. The molecule has 20 heavy (non-hydrogen) atoms. The molecule has 0 spiro atoms. The van der Waals surface area contributed by atoms with Gasteiger partial charge in [-0.2, -0.15) is 0 Å². The van der Waals surface area contributed by atoms with Crippen molar-refractivity contribution >= 4 is 5.97 Å². The number of benzene rings is 1. The van der Waals surface area contributed by atoms with Gasteiger partial charge in [0.25, 0.3) is 0 Å². The van der Waals surface area contributed by atoms with Crippen LogP contribution in [0.15, 0.2) is 24.3 Å². The van der Waals surface area contributed by atoms with Crippen molar-refractivity contribution in [2.75, 3.05) is 6.54 Å². The first-order chi connectivity index (χ1) is 9.51. The van der Waals surface area contributed by atoms with Crippen LogP contribution in [0.25, 0.3) is 0 Å². The zero-order valence-corrected chi connectivity index (χ0v) is 12.5. The van der Waals surface area contributed by atoms with E-state index < -0.39 is 5.97 Å². The van der Waals surface area contributed by atoms with Crippen LogP contribution in [0.2, 0.25) is 0 Å². The maximum absolute atomic E-state index is 10.9. The highest BCUT2D eigenvalue weighted by Gasteiger charge is 2.36. The van der Waals surface area contributed by atoms with Crippen LogP contribution < -0.4 is 5.32 Å². The fourth-order valence-electron chi connectivity index (χ4n) is 3.28. The first kappa shape index (κ1) is 15.0. The third-order valence-corrected chi connectivity index (χ3v) is 4.26. The second-order valence-electron chi connectivity index (χ2n) is 6.56. The van der Waals surface area contributed by atoms with Gasteiger partial charge in [-0.15, -0.1) is 0 Å². The summed E-state index contributed by atoms with van der Waals surface area (Å²) in [6.07, 6.45) is 5.29. The van der Waals surface area contributed by atoms with Gasteiger partial charge in [0.05, 0.1) is 5.56 Å². The quantitative estimate of drug-likeness (QED) is 0.798. The van der Waals surface area contributed by atoms with Gasteiger partial charge in [0.2, 0.25) is 0 Å². The average Bonchev–Trinajstić information content (AvgIpc) is 2.35. The van der Waals surface area contributed by atoms with Gasteiger partial charge in [0.1, 0.15) is 0 Å². The summed E-state index contributed by atoms with van der Waals surface area (Å²) in [5, 5.41) is 12.5. The van der Waals surface area contributed by atoms with Crippen molar-refractivity contribution in [3.63, 3.8) is 0 Å². The maximum atomic E-state index is 10.9. The van der Waals surface area contributed by atoms with Crippen LogP contribution in [-0.4, -0.2) is 17.6 Å². The average molecular weight is 275 g/mol. The second kappa shape index (κ2) is 6.40. The van der Waals surface area contributed by atoms with Crippen molar-refractivity contribution in [1.82, 2.24) is 5.32 Å². The van der Waals surface area contributed by atoms with Gasteiger partial charge < -0.3 is 10.4 Å². The van der Waals surface area contributed by atoms with Crippen molar-refractivity contribution < 1.29 is 9.90 Å². The molecule has 0 atom stereocenters. The highest BCUT2D eigenvalue weighted by Crippen LogP contribution is 2.45. The summed E-state index contributed by atoms with van der Waals surface area (Å²) in [6, 6.07) is 7.19. The Kier molecular flexibility index (Phi) is 4.81. The van der Waals surface area contributed by atoms with E-state index in [-0.39, 0.29) is 0 Å². The van der Waals surface area contributed by atoms with E-state index in [1.807, 2.05) is 12.1 Å². The van der Waals surface area contributed by atoms with Gasteiger partial charge in [0.15, 0.2) is 0 Å². The van der Waals surface area contributed by atoms with Crippen molar-refractivity contribution in [2.24, 2.45) is 11.3 Å². The molecule has 0 radical (unpaired) electrons. The van der Waals surface area contributed by atoms with E-state index in [1.54, 1.807) is 12.1 Å². The van der Waals surface area contributed by atoms with Crippen LogP contribution in [0.5, 0.6) is 0 Å². The molecular weight excluding hydrogens is 250 g/mol. The van der Waals surface area contributed by atoms with E-state index in [0.717, 1.165) is 24.6 Å². The number of hydrogen-bond acceptors (Lipinski definition) is 2. The molecule has 1 saturated carbocycles. The molecule has 1 aliphatic carbocycles. The van der Waals surface area contributed by atoms with Crippen LogP contribution in [-0.2, 0) is 6.54 Å². The zero-order chi connectivity index (χ0) is 14.6. The third-order valence-electron chi connectivity index (χ3n) is 4.26. The van der Waals surface area contributed by atoms with Crippen LogP contribution in [0.1, 0.15) is 55.5 Å². The lowest BCUT2D eigenvalue weighted by Crippen LogP contribution is -2.40. The number of carboxylic acids is 1. The lowest BCUT2D eigenvalue weighted by atomic mass is 9.64. The molecule has 2 rings (SSSR count). The minimum Gasteiger partial charge on any atom is -0.478 e. The first-order valence-corrected chi connectivity index (χ1v) is 7.54. The molecule has 0 bridgehead atoms. The minimum atomic E-state index is -0.859. The largest absolute Gasteiger partial charge is 0.478 e. The van der Waals surface area contributed by atoms with Crippen LogP contribution in [0.4, 0.5) is 0 Å². The highest BCUT2D eigenvalue weighted by atomic mass is 16.4. The summed E-state index contributed by atoms with van der Waals surface area (Å²) >= 11 is 0. The van der Waals surface area contributed by atoms with Crippen molar-refractivity contribution in [3.8, 4) is 0 Å². The monoisotopic (exact) mass is 275 g/mol. The van der Waals surface area contributed by atoms with E-state index in [0.29, 0.717) is 11.0 Å². The summed E-state index contributed by atoms with van der Waals surface area (Å²) in [5.41, 5.74) is 1.90. The molecule has 1 fully saturated rings. The highest BCUT2D eigenvalue weighted by molar-refractivity contribution is 5.87. The molecule has 0 aromatic heterocycles. The predicted molar refractivity (Wildman–Crippen MR) is 80.8 cm³/mol. The second-order valence-corrected chi connectivity index (χ2v) is 6.56. The van der Waals surface area contributed by atoms with Gasteiger partial charge in [-0.25, -0.2) is 4.79 Å². The number of carbonyl (C=O) groups is 1. The summed E-state index contributed by atoms with van der Waals surface area (Å²) < 4.78 is 0. The Balaban J connectivity index is 1.86. The maximum Gasteiger partial charge on any atom is 0.335 e. The molecule has 0 unspecified atom stereocenters. The Hall–Kier alpha value is -1.35. The van der Waals surface area contributed by atoms with Crippen molar-refractivity contribution in [3.05, 3.63) is 35.4 Å². The van der Waals surface area contributed by atoms with Crippen molar-refractivity contribution in [2.45, 2.75) is 46.1 Å². The fraction of sp³-hybridized carbons (Fsp3) is 0.588. The Labute approximate surface area is 121 Å². The fourth-order valence-corrected chi connectivity index (χ4v) is 3.28. The standard InChI is InChI=1S/C17H25NO2/c1-13(2)10-17(7-4-8-17)12-18-11-14-5-3-6-15(9-14)16(19)20/h3,5-6,9,13,18H,4,7-8,10-12H2,1-2H3,(H,19,20). The number of rotatable bonds is 7. The van der Waals surface area contributed by atoms with E-state index in [4.69, 9.17) is 5.11 Å². The molecular formula is C17H25NO2. The van der Waals surface area contributed by atoms with Crippen LogP contribution in [0.3, 0.4) is 0 Å². The van der Waals surface area contributed by atoms with Gasteiger partial charge in [-0.1, -0.05) is 32.4 Å². The van der Waals surface area contributed by atoms with Crippen LogP contribution in [0, 0.1) is 11.3 Å². The Bertz CT molecular complexity index is 464. The Morgan fingerprint density at radius 1 is 1.40 bits per heavy atom. The molecule has 0 amide bonds. The molecule has 1 aromatic carbocycles. The summed E-state index contributed by atoms with van der Waals surface area (Å²) in [7, 11) is 0. The molecule has 0 aliphatic heterocycles. The topological polar surface area (TPSA) is 49.3 Å². The lowest BCUT2D eigenvalue weighted by molar-refractivity contribution is 0.0696. The normalized spacial score (nSPS) is 16.9. The smallest absolute Gasteiger partial charge is 0.335 e. The Morgan fingerprint density at radius 2 is 2.15 bits per heavy atom. The van der Waals surface area contributed by atoms with E-state index in [2.05, 4.69) is 19.2 Å². The predicted octanol–water partition coefficient (Wildman–Crippen LogP) is 3.69. The number of aromatic carboxylic acids is 1. The summed E-state index contributed by atoms with van der Waals surface area (Å²) in [5.74, 6) is -0.116. The minimum absolute atomic E-state index is 0.366. The van der Waals surface area contributed by atoms with Gasteiger partial charge >= 0.3 is 5.97 Å². The van der Waals surface area contributed by atoms with Gasteiger partial charge in [-0.05, 0) is 48.3 Å². The molecule has 0 saturated heterocycles. The first-order valence-electron chi connectivity index (χ1n) is 7.54. The Morgan fingerprint density at radius 3 is 2.70 bits per heavy atom. The lowest BCUT2D eigenvalue weighted by Gasteiger charge is -2.43. The molecule has 2 N–H and O–H groups in total. The molecule has 1 aromatic rings. The third kappa shape index (κ3) is 3.83. The zero-order valence-electron chi connectivity index (χ0n) is 12.5. The number of nitrogens with one attached hydrogen (secondary N) is 1. The van der Waals surface area contributed by atoms with Crippen LogP contribution >= 0.6 is 0 Å². The van der Waals surface area contributed by atoms with Gasteiger partial charge in [-0.3, -0.25) is 0 Å². The summed E-state index contributed by atoms with van der Waals surface area (Å²) in [6.45, 7) is 6.37. The molecule has 110 valence electrons. The SMILES string of the molecule is CC(C)CC1(CNCc2cccc(C(=O)O)c2)CCC1. The molecule has 1 aliphatic rings. The molecule has 3 nitrogen and oxygen atoms in total. The van der Waals surface area contributed by atoms with Crippen molar-refractivity contribution in [1.29, 1.82) is 0 Å². The van der Waals surface area contributed by atoms with E-state index in [1.165, 1.54) is 25.7 Å². The van der Waals surface area contributed by atoms with E-state index in [9.17, 15) is 4.79 Å². The van der Waals surface area contributed by atoms with E-state index >= 15 is 0 Å². The molecule has 3 heteroatoms. The summed E-state index contributed by atoms with van der Waals surface area (Å²) in [4.78, 5) is 10.9.